The van der Waals surface area contributed by atoms with E-state index in [1.54, 1.807) is 0 Å². The molecule has 0 fully saturated rings. The van der Waals surface area contributed by atoms with Gasteiger partial charge in [0.25, 0.3) is 0 Å². The summed E-state index contributed by atoms with van der Waals surface area (Å²) in [6, 6.07) is 58.0. The van der Waals surface area contributed by atoms with Crippen molar-refractivity contribution in [3.05, 3.63) is 187 Å². The number of benzene rings is 4. The van der Waals surface area contributed by atoms with Crippen molar-refractivity contribution in [1.29, 1.82) is 0 Å². The Hall–Kier alpha value is -5.02. The van der Waals surface area contributed by atoms with Gasteiger partial charge in [-0.15, -0.1) is 102 Å². The van der Waals surface area contributed by atoms with Crippen LogP contribution in [-0.4, -0.2) is 15.0 Å². The van der Waals surface area contributed by atoms with E-state index in [4.69, 9.17) is 0 Å². The molecule has 3 heterocycles. The molecule has 0 aliphatic carbocycles. The summed E-state index contributed by atoms with van der Waals surface area (Å²) in [5, 5.41) is 0. The Balaban J connectivity index is 0.000000159. The van der Waals surface area contributed by atoms with Crippen LogP contribution >= 0.6 is 0 Å². The first-order valence-corrected chi connectivity index (χ1v) is 14.9. The summed E-state index contributed by atoms with van der Waals surface area (Å²) in [5.41, 5.74) is 11.7. The fourth-order valence-electron chi connectivity index (χ4n) is 4.57. The van der Waals surface area contributed by atoms with Crippen molar-refractivity contribution < 1.29 is 20.1 Å². The van der Waals surface area contributed by atoms with Crippen molar-refractivity contribution in [2.24, 2.45) is 0 Å². The molecule has 0 saturated heterocycles. The second-order valence-corrected chi connectivity index (χ2v) is 10.5. The minimum absolute atomic E-state index is 0. The van der Waals surface area contributed by atoms with E-state index in [1.807, 2.05) is 135 Å². The largest absolute Gasteiger partial charge is 3.00 e. The standard InChI is InChI=1S/C18H14N.2C12H10N.Ir/c1-14-11-12-19-18(13-14)17-9-7-16(8-10-17)15-5-3-2-4-6-15;2*1-10-6-5-9-12(13-10)11-7-3-2-4-8-11;/h2-9,11-13H,1H3;2*2-7,9H,1H3;/q3*-1;+3. The summed E-state index contributed by atoms with van der Waals surface area (Å²) < 4.78 is 0. The van der Waals surface area contributed by atoms with Gasteiger partial charge in [0, 0.05) is 17.6 Å². The zero-order valence-corrected chi connectivity index (χ0v) is 28.5. The molecule has 0 unspecified atom stereocenters. The average molecular weight is 773 g/mol. The predicted octanol–water partition coefficient (Wildman–Crippen LogP) is 10.2. The molecule has 0 atom stereocenters. The van der Waals surface area contributed by atoms with Gasteiger partial charge in [-0.25, -0.2) is 0 Å². The quantitative estimate of drug-likeness (QED) is 0.167. The maximum atomic E-state index is 4.41. The van der Waals surface area contributed by atoms with E-state index < -0.39 is 0 Å². The van der Waals surface area contributed by atoms with E-state index in [-0.39, 0.29) is 20.1 Å². The smallest absolute Gasteiger partial charge is 0.305 e. The third-order valence-electron chi connectivity index (χ3n) is 6.86. The van der Waals surface area contributed by atoms with Crippen LogP contribution in [0, 0.1) is 39.0 Å². The first-order valence-electron chi connectivity index (χ1n) is 14.9. The number of aryl methyl sites for hydroxylation is 3. The van der Waals surface area contributed by atoms with Crippen LogP contribution in [0.2, 0.25) is 0 Å². The fraction of sp³-hybridized carbons (Fsp3) is 0.0714. The Morgan fingerprint density at radius 3 is 1.50 bits per heavy atom. The van der Waals surface area contributed by atoms with Crippen LogP contribution in [0.1, 0.15) is 17.0 Å². The zero-order chi connectivity index (χ0) is 31.3. The van der Waals surface area contributed by atoms with Crippen molar-refractivity contribution in [1.82, 2.24) is 15.0 Å². The number of aromatic nitrogens is 3. The van der Waals surface area contributed by atoms with Crippen LogP contribution in [-0.2, 0) is 20.1 Å². The van der Waals surface area contributed by atoms with Gasteiger partial charge in [0.1, 0.15) is 0 Å². The Labute approximate surface area is 286 Å². The second kappa shape index (κ2) is 17.5. The SMILES string of the molecule is Cc1cccc(-c2[c-]cccc2)n1.Cc1cccc(-c2[c-]cccc2)n1.Cc1ccnc(-c2[c-]cc(-c3ccccc3)cc2)c1.[Ir+3]. The first-order chi connectivity index (χ1) is 22.0. The molecule has 0 saturated carbocycles. The number of hydrogen-bond donors (Lipinski definition) is 0. The summed E-state index contributed by atoms with van der Waals surface area (Å²) in [4.78, 5) is 13.2. The molecule has 46 heavy (non-hydrogen) atoms. The minimum atomic E-state index is 0. The molecule has 0 aliphatic heterocycles. The summed E-state index contributed by atoms with van der Waals surface area (Å²) in [7, 11) is 0. The Morgan fingerprint density at radius 1 is 0.457 bits per heavy atom. The van der Waals surface area contributed by atoms with Gasteiger partial charge in [-0.3, -0.25) is 0 Å². The second-order valence-electron chi connectivity index (χ2n) is 10.5. The molecule has 7 aromatic rings. The van der Waals surface area contributed by atoms with Gasteiger partial charge in [0.15, 0.2) is 0 Å². The third-order valence-corrected chi connectivity index (χ3v) is 6.86. The molecule has 3 nitrogen and oxygen atoms in total. The Morgan fingerprint density at radius 2 is 1.02 bits per heavy atom. The number of rotatable bonds is 4. The van der Waals surface area contributed by atoms with Crippen LogP contribution in [0.5, 0.6) is 0 Å². The van der Waals surface area contributed by atoms with Crippen molar-refractivity contribution >= 4 is 0 Å². The molecule has 226 valence electrons. The van der Waals surface area contributed by atoms with Crippen molar-refractivity contribution in [2.45, 2.75) is 20.8 Å². The van der Waals surface area contributed by atoms with Gasteiger partial charge >= 0.3 is 20.1 Å². The van der Waals surface area contributed by atoms with Crippen LogP contribution in [0.4, 0.5) is 0 Å². The molecule has 0 amide bonds. The molecular weight excluding hydrogens is 739 g/mol. The van der Waals surface area contributed by atoms with E-state index in [0.717, 1.165) is 45.2 Å². The van der Waals surface area contributed by atoms with Crippen LogP contribution < -0.4 is 0 Å². The third kappa shape index (κ3) is 10.0. The first kappa shape index (κ1) is 33.9. The maximum absolute atomic E-state index is 4.41. The van der Waals surface area contributed by atoms with E-state index in [2.05, 4.69) is 70.4 Å². The van der Waals surface area contributed by atoms with Gasteiger partial charge in [0.2, 0.25) is 0 Å². The van der Waals surface area contributed by atoms with E-state index in [0.29, 0.717) is 0 Å². The van der Waals surface area contributed by atoms with Gasteiger partial charge in [-0.1, -0.05) is 77.4 Å². The predicted molar refractivity (Wildman–Crippen MR) is 185 cm³/mol. The van der Waals surface area contributed by atoms with Gasteiger partial charge in [-0.05, 0) is 56.1 Å². The molecular formula is C42H34IrN3. The Bertz CT molecular complexity index is 1830. The van der Waals surface area contributed by atoms with Crippen LogP contribution in [0.15, 0.2) is 152 Å². The van der Waals surface area contributed by atoms with Gasteiger partial charge < -0.3 is 15.0 Å². The normalized spacial score (nSPS) is 9.89. The summed E-state index contributed by atoms with van der Waals surface area (Å²) >= 11 is 0. The van der Waals surface area contributed by atoms with E-state index >= 15 is 0 Å². The monoisotopic (exact) mass is 773 g/mol. The van der Waals surface area contributed by atoms with Gasteiger partial charge in [0.05, 0.1) is 0 Å². The average Bonchev–Trinajstić information content (AvgIpc) is 3.10. The van der Waals surface area contributed by atoms with Crippen molar-refractivity contribution in [3.8, 4) is 44.9 Å². The number of pyridine rings is 3. The molecule has 0 radical (unpaired) electrons. The molecule has 0 bridgehead atoms. The van der Waals surface area contributed by atoms with Crippen molar-refractivity contribution in [2.75, 3.05) is 0 Å². The Kier molecular flexibility index (Phi) is 12.9. The van der Waals surface area contributed by atoms with Crippen molar-refractivity contribution in [3.63, 3.8) is 0 Å². The van der Waals surface area contributed by atoms with E-state index in [1.165, 1.54) is 16.7 Å². The van der Waals surface area contributed by atoms with Crippen LogP contribution in [0.25, 0.3) is 44.9 Å². The molecule has 0 aliphatic rings. The number of hydrogen-bond acceptors (Lipinski definition) is 3. The molecule has 3 aromatic heterocycles. The van der Waals surface area contributed by atoms with Crippen LogP contribution in [0.3, 0.4) is 0 Å². The van der Waals surface area contributed by atoms with Gasteiger partial charge in [-0.2, -0.15) is 0 Å². The molecule has 0 spiro atoms. The molecule has 0 N–H and O–H groups in total. The fourth-order valence-corrected chi connectivity index (χ4v) is 4.57. The molecule has 7 rings (SSSR count). The summed E-state index contributed by atoms with van der Waals surface area (Å²) in [5.74, 6) is 0. The summed E-state index contributed by atoms with van der Waals surface area (Å²) in [6.07, 6.45) is 1.84. The zero-order valence-electron chi connectivity index (χ0n) is 26.1. The topological polar surface area (TPSA) is 38.7 Å². The van der Waals surface area contributed by atoms with E-state index in [9.17, 15) is 0 Å². The number of nitrogens with zero attached hydrogens (tertiary/aromatic N) is 3. The summed E-state index contributed by atoms with van der Waals surface area (Å²) in [6.45, 7) is 6.06. The minimum Gasteiger partial charge on any atom is -0.305 e. The molecule has 4 heteroatoms. The maximum Gasteiger partial charge on any atom is 3.00 e. The molecule has 4 aromatic carbocycles.